The first-order valence-electron chi connectivity index (χ1n) is 6.44. The number of hydrogen-bond acceptors (Lipinski definition) is 4. The number of carbonyl (C=O) groups is 1. The van der Waals surface area contributed by atoms with Crippen molar-refractivity contribution in [2.45, 2.75) is 46.3 Å². The van der Waals surface area contributed by atoms with Crippen LogP contribution in [0.3, 0.4) is 0 Å². The Labute approximate surface area is 114 Å². The van der Waals surface area contributed by atoms with Crippen molar-refractivity contribution >= 4 is 11.6 Å². The zero-order valence-electron chi connectivity index (χ0n) is 12.3. The standard InChI is InChI=1S/C14H23N3O2/c1-10(2)19-13-11(7-6-8-15-13)16-9-12(18)17-14(3,4)5/h6-8,10,16H,9H2,1-5H3,(H,17,18). The largest absolute Gasteiger partial charge is 0.473 e. The highest BCUT2D eigenvalue weighted by molar-refractivity contribution is 5.81. The molecule has 0 saturated carbocycles. The lowest BCUT2D eigenvalue weighted by Gasteiger charge is -2.21. The Hall–Kier alpha value is -1.78. The molecule has 0 aromatic carbocycles. The third-order valence-corrected chi connectivity index (χ3v) is 2.07. The molecule has 19 heavy (non-hydrogen) atoms. The summed E-state index contributed by atoms with van der Waals surface area (Å²) in [4.78, 5) is 15.9. The predicted molar refractivity (Wildman–Crippen MR) is 76.4 cm³/mol. The molecule has 0 aliphatic carbocycles. The van der Waals surface area contributed by atoms with Crippen LogP contribution in [0, 0.1) is 0 Å². The van der Waals surface area contributed by atoms with Gasteiger partial charge >= 0.3 is 0 Å². The summed E-state index contributed by atoms with van der Waals surface area (Å²) < 4.78 is 5.57. The molecule has 0 aliphatic rings. The number of amides is 1. The maximum atomic E-state index is 11.7. The quantitative estimate of drug-likeness (QED) is 0.856. The van der Waals surface area contributed by atoms with Crippen LogP contribution in [-0.4, -0.2) is 29.1 Å². The van der Waals surface area contributed by atoms with Crippen molar-refractivity contribution in [1.29, 1.82) is 0 Å². The molecule has 1 heterocycles. The van der Waals surface area contributed by atoms with Gasteiger partial charge in [-0.2, -0.15) is 0 Å². The minimum atomic E-state index is -0.231. The van der Waals surface area contributed by atoms with Gasteiger partial charge in [-0.1, -0.05) is 0 Å². The van der Waals surface area contributed by atoms with Gasteiger partial charge in [0.25, 0.3) is 0 Å². The third-order valence-electron chi connectivity index (χ3n) is 2.07. The Morgan fingerprint density at radius 3 is 2.68 bits per heavy atom. The number of rotatable bonds is 5. The fourth-order valence-electron chi connectivity index (χ4n) is 1.48. The van der Waals surface area contributed by atoms with Crippen LogP contribution < -0.4 is 15.4 Å². The van der Waals surface area contributed by atoms with Crippen LogP contribution in [0.1, 0.15) is 34.6 Å². The second kappa shape index (κ2) is 6.41. The number of carbonyl (C=O) groups excluding carboxylic acids is 1. The van der Waals surface area contributed by atoms with E-state index in [1.807, 2.05) is 40.7 Å². The minimum absolute atomic E-state index is 0.0406. The molecule has 0 unspecified atom stereocenters. The molecular weight excluding hydrogens is 242 g/mol. The van der Waals surface area contributed by atoms with Crippen molar-refractivity contribution < 1.29 is 9.53 Å². The van der Waals surface area contributed by atoms with Crippen LogP contribution in [0.25, 0.3) is 0 Å². The molecule has 1 rings (SSSR count). The van der Waals surface area contributed by atoms with Crippen LogP contribution in [0.5, 0.6) is 5.88 Å². The summed E-state index contributed by atoms with van der Waals surface area (Å²) in [6.07, 6.45) is 1.71. The summed E-state index contributed by atoms with van der Waals surface area (Å²) in [6.45, 7) is 9.90. The van der Waals surface area contributed by atoms with E-state index in [4.69, 9.17) is 4.74 Å². The SMILES string of the molecule is CC(C)Oc1ncccc1NCC(=O)NC(C)(C)C. The summed E-state index contributed by atoms with van der Waals surface area (Å²) in [5.74, 6) is 0.452. The van der Waals surface area contributed by atoms with E-state index in [0.29, 0.717) is 5.88 Å². The highest BCUT2D eigenvalue weighted by atomic mass is 16.5. The van der Waals surface area contributed by atoms with Gasteiger partial charge < -0.3 is 15.4 Å². The Kier molecular flexibility index (Phi) is 5.15. The van der Waals surface area contributed by atoms with Crippen molar-refractivity contribution in [2.75, 3.05) is 11.9 Å². The molecule has 0 radical (unpaired) electrons. The van der Waals surface area contributed by atoms with Crippen molar-refractivity contribution in [3.8, 4) is 5.88 Å². The minimum Gasteiger partial charge on any atom is -0.473 e. The smallest absolute Gasteiger partial charge is 0.239 e. The van der Waals surface area contributed by atoms with Crippen LogP contribution in [0.15, 0.2) is 18.3 Å². The molecule has 0 fully saturated rings. The average Bonchev–Trinajstić information content (AvgIpc) is 2.24. The summed E-state index contributed by atoms with van der Waals surface area (Å²) >= 11 is 0. The molecule has 106 valence electrons. The van der Waals surface area contributed by atoms with Gasteiger partial charge in [0.2, 0.25) is 11.8 Å². The Bertz CT molecular complexity index is 425. The van der Waals surface area contributed by atoms with E-state index < -0.39 is 0 Å². The first-order chi connectivity index (χ1) is 8.78. The summed E-state index contributed by atoms with van der Waals surface area (Å²) in [5.41, 5.74) is 0.491. The molecule has 0 atom stereocenters. The first-order valence-corrected chi connectivity index (χ1v) is 6.44. The van der Waals surface area contributed by atoms with Gasteiger partial charge in [-0.05, 0) is 46.8 Å². The van der Waals surface area contributed by atoms with Gasteiger partial charge in [-0.3, -0.25) is 4.79 Å². The number of nitrogens with one attached hydrogen (secondary N) is 2. The van der Waals surface area contributed by atoms with Gasteiger partial charge in [-0.15, -0.1) is 0 Å². The summed E-state index contributed by atoms with van der Waals surface area (Å²) in [7, 11) is 0. The Balaban J connectivity index is 2.60. The number of hydrogen-bond donors (Lipinski definition) is 2. The molecule has 1 aromatic rings. The molecule has 1 aromatic heterocycles. The van der Waals surface area contributed by atoms with Gasteiger partial charge in [0.05, 0.1) is 18.3 Å². The van der Waals surface area contributed by atoms with E-state index in [-0.39, 0.29) is 24.1 Å². The average molecular weight is 265 g/mol. The number of aromatic nitrogens is 1. The Morgan fingerprint density at radius 1 is 1.42 bits per heavy atom. The zero-order valence-corrected chi connectivity index (χ0v) is 12.3. The van der Waals surface area contributed by atoms with E-state index in [0.717, 1.165) is 5.69 Å². The topological polar surface area (TPSA) is 63.2 Å². The van der Waals surface area contributed by atoms with Gasteiger partial charge in [0, 0.05) is 11.7 Å². The molecule has 5 nitrogen and oxygen atoms in total. The van der Waals surface area contributed by atoms with Crippen LogP contribution in [0.2, 0.25) is 0 Å². The second-order valence-corrected chi connectivity index (χ2v) is 5.67. The van der Waals surface area contributed by atoms with E-state index in [2.05, 4.69) is 15.6 Å². The molecule has 1 amide bonds. The number of ether oxygens (including phenoxy) is 1. The van der Waals surface area contributed by atoms with E-state index in [1.165, 1.54) is 0 Å². The van der Waals surface area contributed by atoms with Crippen LogP contribution in [-0.2, 0) is 4.79 Å². The normalized spacial score (nSPS) is 11.3. The van der Waals surface area contributed by atoms with Crippen molar-refractivity contribution in [2.24, 2.45) is 0 Å². The van der Waals surface area contributed by atoms with E-state index in [1.54, 1.807) is 12.3 Å². The van der Waals surface area contributed by atoms with E-state index in [9.17, 15) is 4.79 Å². The fraction of sp³-hybridized carbons (Fsp3) is 0.571. The molecule has 0 bridgehead atoms. The van der Waals surface area contributed by atoms with Crippen molar-refractivity contribution in [3.05, 3.63) is 18.3 Å². The van der Waals surface area contributed by atoms with Crippen molar-refractivity contribution in [3.63, 3.8) is 0 Å². The maximum absolute atomic E-state index is 11.7. The lowest BCUT2D eigenvalue weighted by atomic mass is 10.1. The first kappa shape index (κ1) is 15.3. The van der Waals surface area contributed by atoms with E-state index >= 15 is 0 Å². The summed E-state index contributed by atoms with van der Waals surface area (Å²) in [6, 6.07) is 3.65. The van der Waals surface area contributed by atoms with Crippen LogP contribution in [0.4, 0.5) is 5.69 Å². The lowest BCUT2D eigenvalue weighted by Crippen LogP contribution is -2.43. The third kappa shape index (κ3) is 6.08. The fourth-order valence-corrected chi connectivity index (χ4v) is 1.48. The van der Waals surface area contributed by atoms with Crippen LogP contribution >= 0.6 is 0 Å². The molecule has 0 saturated heterocycles. The number of nitrogens with zero attached hydrogens (tertiary/aromatic N) is 1. The number of anilines is 1. The van der Waals surface area contributed by atoms with Crippen molar-refractivity contribution in [1.82, 2.24) is 10.3 Å². The Morgan fingerprint density at radius 2 is 2.11 bits per heavy atom. The molecule has 0 aliphatic heterocycles. The lowest BCUT2D eigenvalue weighted by molar-refractivity contribution is -0.120. The van der Waals surface area contributed by atoms with Gasteiger partial charge in [0.1, 0.15) is 0 Å². The monoisotopic (exact) mass is 265 g/mol. The molecule has 5 heteroatoms. The van der Waals surface area contributed by atoms with Gasteiger partial charge in [-0.25, -0.2) is 4.98 Å². The summed E-state index contributed by atoms with van der Waals surface area (Å²) in [5, 5.41) is 5.93. The molecule has 2 N–H and O–H groups in total. The number of pyridine rings is 1. The van der Waals surface area contributed by atoms with Gasteiger partial charge in [0.15, 0.2) is 0 Å². The molecule has 0 spiro atoms. The highest BCUT2D eigenvalue weighted by Gasteiger charge is 2.14. The second-order valence-electron chi connectivity index (χ2n) is 5.67. The maximum Gasteiger partial charge on any atom is 0.239 e. The predicted octanol–water partition coefficient (Wildman–Crippen LogP) is 2.20. The highest BCUT2D eigenvalue weighted by Crippen LogP contribution is 2.21. The molecular formula is C14H23N3O2. The zero-order chi connectivity index (χ0) is 14.5.